The second-order valence-corrected chi connectivity index (χ2v) is 6.67. The van der Waals surface area contributed by atoms with Gasteiger partial charge in [0.25, 0.3) is 11.7 Å². The van der Waals surface area contributed by atoms with Crippen molar-refractivity contribution in [2.45, 2.75) is 19.0 Å². The Morgan fingerprint density at radius 3 is 2.62 bits per heavy atom. The molecule has 3 heterocycles. The molecule has 1 atom stereocenters. The van der Waals surface area contributed by atoms with Gasteiger partial charge in [-0.1, -0.05) is 0 Å². The first-order valence-electron chi connectivity index (χ1n) is 9.10. The number of halogens is 1. The molecule has 29 heavy (non-hydrogen) atoms. The van der Waals surface area contributed by atoms with Crippen molar-refractivity contribution >= 4 is 17.4 Å². The summed E-state index contributed by atoms with van der Waals surface area (Å²) in [6.45, 7) is 0.903. The number of imidazole rings is 1. The van der Waals surface area contributed by atoms with Crippen molar-refractivity contribution < 1.29 is 23.5 Å². The van der Waals surface area contributed by atoms with Crippen LogP contribution in [-0.2, 0) is 16.1 Å². The van der Waals surface area contributed by atoms with Gasteiger partial charge in [0.05, 0.1) is 18.2 Å². The van der Waals surface area contributed by atoms with Gasteiger partial charge in [0.2, 0.25) is 0 Å². The molecule has 1 aromatic carbocycles. The fourth-order valence-electron chi connectivity index (χ4n) is 3.46. The topological polar surface area (TPSA) is 88.6 Å². The molecule has 7 nitrogen and oxygen atoms in total. The third-order valence-corrected chi connectivity index (χ3v) is 4.84. The highest BCUT2D eigenvalue weighted by atomic mass is 19.1. The highest BCUT2D eigenvalue weighted by Gasteiger charge is 2.47. The SMILES string of the molecule is O=C1C(=O)N(CCCn2ccnc2)C(c2ccco2)/C1=C(\O)c1ccc(F)cc1. The minimum atomic E-state index is -0.849. The van der Waals surface area contributed by atoms with Crippen LogP contribution in [0, 0.1) is 5.82 Å². The number of likely N-dealkylation sites (tertiary alicyclic amines) is 1. The fourth-order valence-corrected chi connectivity index (χ4v) is 3.46. The van der Waals surface area contributed by atoms with Crippen LogP contribution >= 0.6 is 0 Å². The monoisotopic (exact) mass is 395 g/mol. The average molecular weight is 395 g/mol. The lowest BCUT2D eigenvalue weighted by molar-refractivity contribution is -0.140. The number of hydrogen-bond donors (Lipinski definition) is 1. The average Bonchev–Trinajstić information content (AvgIpc) is 3.46. The van der Waals surface area contributed by atoms with Crippen LogP contribution in [0.15, 0.2) is 71.4 Å². The molecule has 1 fully saturated rings. The van der Waals surface area contributed by atoms with E-state index >= 15 is 0 Å². The van der Waals surface area contributed by atoms with E-state index in [9.17, 15) is 19.1 Å². The van der Waals surface area contributed by atoms with E-state index in [0.29, 0.717) is 18.7 Å². The molecule has 148 valence electrons. The number of nitrogens with zero attached hydrogens (tertiary/aromatic N) is 3. The Kier molecular flexibility index (Phi) is 4.99. The van der Waals surface area contributed by atoms with Gasteiger partial charge in [-0.2, -0.15) is 0 Å². The van der Waals surface area contributed by atoms with Gasteiger partial charge in [0.1, 0.15) is 23.4 Å². The van der Waals surface area contributed by atoms with Gasteiger partial charge in [-0.3, -0.25) is 9.59 Å². The summed E-state index contributed by atoms with van der Waals surface area (Å²) < 4.78 is 20.6. The zero-order valence-electron chi connectivity index (χ0n) is 15.4. The number of ketones is 1. The Labute approximate surface area is 165 Å². The zero-order chi connectivity index (χ0) is 20.4. The summed E-state index contributed by atoms with van der Waals surface area (Å²) >= 11 is 0. The van der Waals surface area contributed by atoms with Crippen LogP contribution in [-0.4, -0.2) is 37.8 Å². The maximum Gasteiger partial charge on any atom is 0.295 e. The molecule has 8 heteroatoms. The number of rotatable bonds is 6. The number of aliphatic hydroxyl groups excluding tert-OH is 1. The third kappa shape index (κ3) is 3.56. The highest BCUT2D eigenvalue weighted by molar-refractivity contribution is 6.46. The first-order chi connectivity index (χ1) is 14.1. The molecular weight excluding hydrogens is 377 g/mol. The molecule has 1 saturated heterocycles. The van der Waals surface area contributed by atoms with Crippen LogP contribution in [0.1, 0.15) is 23.8 Å². The van der Waals surface area contributed by atoms with Crippen LogP contribution in [0.2, 0.25) is 0 Å². The van der Waals surface area contributed by atoms with Crippen molar-refractivity contribution in [1.82, 2.24) is 14.5 Å². The van der Waals surface area contributed by atoms with Crippen molar-refractivity contribution in [3.63, 3.8) is 0 Å². The molecule has 1 amide bonds. The van der Waals surface area contributed by atoms with E-state index in [1.165, 1.54) is 35.4 Å². The molecule has 0 radical (unpaired) electrons. The van der Waals surface area contributed by atoms with Gasteiger partial charge in [0.15, 0.2) is 0 Å². The van der Waals surface area contributed by atoms with Crippen LogP contribution in [0.25, 0.3) is 5.76 Å². The number of aryl methyl sites for hydroxylation is 1. The van der Waals surface area contributed by atoms with E-state index < -0.39 is 23.5 Å². The van der Waals surface area contributed by atoms with Gasteiger partial charge in [-0.05, 0) is 42.8 Å². The number of hydrogen-bond acceptors (Lipinski definition) is 5. The number of amides is 1. The Bertz CT molecular complexity index is 1040. The molecule has 4 rings (SSSR count). The summed E-state index contributed by atoms with van der Waals surface area (Å²) in [7, 11) is 0. The Morgan fingerprint density at radius 1 is 1.17 bits per heavy atom. The van der Waals surface area contributed by atoms with E-state index in [2.05, 4.69) is 4.98 Å². The summed E-state index contributed by atoms with van der Waals surface area (Å²) in [5.41, 5.74) is 0.179. The van der Waals surface area contributed by atoms with Crippen molar-refractivity contribution in [2.24, 2.45) is 0 Å². The number of carbonyl (C=O) groups is 2. The largest absolute Gasteiger partial charge is 0.507 e. The molecule has 1 unspecified atom stereocenters. The van der Waals surface area contributed by atoms with E-state index in [4.69, 9.17) is 4.42 Å². The molecule has 0 bridgehead atoms. The lowest BCUT2D eigenvalue weighted by atomic mass is 9.99. The number of Topliss-reactive ketones (excluding diaryl/α,β-unsaturated/α-hetero) is 1. The second-order valence-electron chi connectivity index (χ2n) is 6.67. The molecular formula is C21H18FN3O4. The van der Waals surface area contributed by atoms with Gasteiger partial charge in [-0.25, -0.2) is 9.37 Å². The second kappa shape index (κ2) is 7.75. The number of aliphatic hydroxyl groups is 1. The first kappa shape index (κ1) is 18.7. The Morgan fingerprint density at radius 2 is 1.97 bits per heavy atom. The van der Waals surface area contributed by atoms with E-state index in [-0.39, 0.29) is 23.4 Å². The third-order valence-electron chi connectivity index (χ3n) is 4.84. The molecule has 0 aliphatic carbocycles. The summed E-state index contributed by atoms with van der Waals surface area (Å²) in [4.78, 5) is 30.8. The number of aromatic nitrogens is 2. The lowest BCUT2D eigenvalue weighted by Gasteiger charge is -2.23. The Hall–Kier alpha value is -3.68. The number of carbonyl (C=O) groups excluding carboxylic acids is 2. The molecule has 0 spiro atoms. The molecule has 2 aromatic heterocycles. The van der Waals surface area contributed by atoms with E-state index in [1.54, 1.807) is 24.7 Å². The summed E-state index contributed by atoms with van der Waals surface area (Å²) in [5, 5.41) is 10.8. The van der Waals surface area contributed by atoms with Crippen molar-refractivity contribution in [2.75, 3.05) is 6.54 Å². The van der Waals surface area contributed by atoms with Crippen LogP contribution < -0.4 is 0 Å². The van der Waals surface area contributed by atoms with E-state index in [0.717, 1.165) is 0 Å². The highest BCUT2D eigenvalue weighted by Crippen LogP contribution is 2.39. The maximum absolute atomic E-state index is 13.2. The van der Waals surface area contributed by atoms with Crippen LogP contribution in [0.4, 0.5) is 4.39 Å². The smallest absolute Gasteiger partial charge is 0.295 e. The quantitative estimate of drug-likeness (QED) is 0.394. The normalized spacial score (nSPS) is 18.5. The molecule has 1 aliphatic heterocycles. The minimum Gasteiger partial charge on any atom is -0.507 e. The predicted molar refractivity (Wildman–Crippen MR) is 101 cm³/mol. The Balaban J connectivity index is 1.68. The first-order valence-corrected chi connectivity index (χ1v) is 9.10. The zero-order valence-corrected chi connectivity index (χ0v) is 15.4. The van der Waals surface area contributed by atoms with Crippen LogP contribution in [0.5, 0.6) is 0 Å². The standard InChI is InChI=1S/C21H18FN3O4/c22-15-6-4-14(5-7-15)19(26)17-18(16-3-1-12-29-16)25(21(28)20(17)27)10-2-9-24-11-8-23-13-24/h1,3-8,11-13,18,26H,2,9-10H2/b19-17+. The number of furan rings is 1. The molecule has 0 saturated carbocycles. The maximum atomic E-state index is 13.2. The molecule has 1 N–H and O–H groups in total. The van der Waals surface area contributed by atoms with Crippen molar-refractivity contribution in [3.8, 4) is 0 Å². The lowest BCUT2D eigenvalue weighted by Crippen LogP contribution is -2.31. The van der Waals surface area contributed by atoms with Crippen molar-refractivity contribution in [1.29, 1.82) is 0 Å². The number of benzene rings is 1. The van der Waals surface area contributed by atoms with Crippen LogP contribution in [0.3, 0.4) is 0 Å². The van der Waals surface area contributed by atoms with Gasteiger partial charge in [0, 0.05) is 31.0 Å². The van der Waals surface area contributed by atoms with E-state index in [1.807, 2.05) is 10.8 Å². The minimum absolute atomic E-state index is 0.0702. The fraction of sp³-hybridized carbons (Fsp3) is 0.190. The summed E-state index contributed by atoms with van der Waals surface area (Å²) in [6, 6.07) is 7.52. The van der Waals surface area contributed by atoms with Gasteiger partial charge in [-0.15, -0.1) is 0 Å². The molecule has 1 aliphatic rings. The summed E-state index contributed by atoms with van der Waals surface area (Å²) in [5.74, 6) is -1.96. The van der Waals surface area contributed by atoms with Crippen molar-refractivity contribution in [3.05, 3.63) is 84.1 Å². The summed E-state index contributed by atoms with van der Waals surface area (Å²) in [6.07, 6.45) is 7.17. The van der Waals surface area contributed by atoms with Gasteiger partial charge >= 0.3 is 0 Å². The molecule has 3 aromatic rings. The van der Waals surface area contributed by atoms with Gasteiger partial charge < -0.3 is 19.0 Å². The predicted octanol–water partition coefficient (Wildman–Crippen LogP) is 3.13.